The van der Waals surface area contributed by atoms with E-state index < -0.39 is 35.4 Å². The Hall–Kier alpha value is -4.80. The SMILES string of the molecule is CCCCCc1nc(C(=O)OC(C)(C)C)c(CC(C(=O)N[C@@H](Cc2c[nH]c3ccccc23)C(=O)O)c2ccc3c(c2)OCO3)[nH]1. The Morgan fingerprint density at radius 3 is 2.60 bits per heavy atom. The molecule has 0 fully saturated rings. The summed E-state index contributed by atoms with van der Waals surface area (Å²) in [5.74, 6) is -1.50. The maximum atomic E-state index is 14.1. The molecule has 11 nitrogen and oxygen atoms in total. The Kier molecular flexibility index (Phi) is 9.45. The number of hydrogen-bond donors (Lipinski definition) is 4. The lowest BCUT2D eigenvalue weighted by Crippen LogP contribution is -2.44. The number of para-hydroxylation sites is 1. The van der Waals surface area contributed by atoms with E-state index in [-0.39, 0.29) is 25.3 Å². The highest BCUT2D eigenvalue weighted by atomic mass is 16.7. The summed E-state index contributed by atoms with van der Waals surface area (Å²) in [6.07, 6.45) is 5.44. The second-order valence-corrected chi connectivity index (χ2v) is 12.3. The van der Waals surface area contributed by atoms with Crippen LogP contribution in [0.3, 0.4) is 0 Å². The first-order valence-corrected chi connectivity index (χ1v) is 15.3. The quantitative estimate of drug-likeness (QED) is 0.114. The van der Waals surface area contributed by atoms with Crippen LogP contribution in [0.25, 0.3) is 10.9 Å². The fourth-order valence-electron chi connectivity index (χ4n) is 5.46. The number of aliphatic carboxylic acids is 1. The zero-order chi connectivity index (χ0) is 32.1. The van der Waals surface area contributed by atoms with E-state index in [1.54, 1.807) is 45.2 Å². The van der Waals surface area contributed by atoms with Crippen molar-refractivity contribution in [2.75, 3.05) is 6.79 Å². The second-order valence-electron chi connectivity index (χ2n) is 12.3. The zero-order valence-corrected chi connectivity index (χ0v) is 26.1. The van der Waals surface area contributed by atoms with Crippen molar-refractivity contribution in [3.8, 4) is 11.5 Å². The number of nitrogens with zero attached hydrogens (tertiary/aromatic N) is 1. The van der Waals surface area contributed by atoms with Gasteiger partial charge in [-0.3, -0.25) is 4.79 Å². The van der Waals surface area contributed by atoms with Crippen LogP contribution in [0, 0.1) is 0 Å². The van der Waals surface area contributed by atoms with E-state index in [4.69, 9.17) is 14.2 Å². The molecule has 0 saturated carbocycles. The van der Waals surface area contributed by atoms with Crippen molar-refractivity contribution >= 4 is 28.7 Å². The van der Waals surface area contributed by atoms with Crippen LogP contribution in [0.5, 0.6) is 11.5 Å². The predicted octanol–water partition coefficient (Wildman–Crippen LogP) is 5.45. The number of H-pyrrole nitrogens is 2. The normalized spacial score (nSPS) is 13.9. The van der Waals surface area contributed by atoms with Crippen molar-refractivity contribution in [2.24, 2.45) is 0 Å². The van der Waals surface area contributed by atoms with Crippen LogP contribution in [0.1, 0.15) is 86.0 Å². The monoisotopic (exact) mass is 616 g/mol. The van der Waals surface area contributed by atoms with Gasteiger partial charge in [-0.05, 0) is 56.5 Å². The number of esters is 1. The van der Waals surface area contributed by atoms with Gasteiger partial charge in [0, 0.05) is 36.4 Å². The van der Waals surface area contributed by atoms with Crippen LogP contribution in [0.15, 0.2) is 48.7 Å². The van der Waals surface area contributed by atoms with Gasteiger partial charge >= 0.3 is 11.9 Å². The largest absolute Gasteiger partial charge is 0.480 e. The summed E-state index contributed by atoms with van der Waals surface area (Å²) in [6, 6.07) is 11.6. The summed E-state index contributed by atoms with van der Waals surface area (Å²) in [7, 11) is 0. The number of rotatable bonds is 13. The molecule has 4 aromatic rings. The number of aromatic amines is 2. The lowest BCUT2D eigenvalue weighted by Gasteiger charge is -2.22. The Morgan fingerprint density at radius 2 is 1.84 bits per heavy atom. The van der Waals surface area contributed by atoms with Crippen molar-refractivity contribution in [3.63, 3.8) is 0 Å². The zero-order valence-electron chi connectivity index (χ0n) is 26.1. The topological polar surface area (TPSA) is 156 Å². The van der Waals surface area contributed by atoms with E-state index in [1.165, 1.54) is 0 Å². The Labute approximate surface area is 261 Å². The van der Waals surface area contributed by atoms with Crippen LogP contribution in [-0.4, -0.2) is 56.3 Å². The van der Waals surface area contributed by atoms with Gasteiger partial charge in [0.15, 0.2) is 17.2 Å². The molecule has 45 heavy (non-hydrogen) atoms. The molecule has 2 aromatic heterocycles. The number of aromatic nitrogens is 3. The second kappa shape index (κ2) is 13.5. The smallest absolute Gasteiger partial charge is 0.359 e. The fraction of sp³-hybridized carbons (Fsp3) is 0.412. The van der Waals surface area contributed by atoms with Crippen molar-refractivity contribution in [3.05, 3.63) is 77.0 Å². The summed E-state index contributed by atoms with van der Waals surface area (Å²) >= 11 is 0. The van der Waals surface area contributed by atoms with Gasteiger partial charge in [-0.25, -0.2) is 14.6 Å². The van der Waals surface area contributed by atoms with E-state index in [0.29, 0.717) is 35.0 Å². The molecule has 1 aliphatic rings. The van der Waals surface area contributed by atoms with Gasteiger partial charge in [0.1, 0.15) is 17.5 Å². The standard InChI is InChI=1S/C34H40N4O7/c1-5-6-7-12-29-36-25(30(38-29)33(42)45-34(2,3)4)17-23(20-13-14-27-28(16-20)44-19-43-27)31(39)37-26(32(40)41)15-21-18-35-24-11-9-8-10-22(21)24/h8-11,13-14,16,18,23,26,35H,5-7,12,15,17,19H2,1-4H3,(H,36,38)(H,37,39)(H,40,41)/t23?,26-/m0/s1. The average Bonchev–Trinajstić information content (AvgIpc) is 3.73. The first kappa shape index (κ1) is 31.6. The Morgan fingerprint density at radius 1 is 1.07 bits per heavy atom. The average molecular weight is 617 g/mol. The summed E-state index contributed by atoms with van der Waals surface area (Å²) in [5, 5.41) is 13.8. The number of carboxylic acid groups (broad SMARTS) is 1. The number of imidazole rings is 1. The molecule has 4 N–H and O–H groups in total. The maximum absolute atomic E-state index is 14.1. The van der Waals surface area contributed by atoms with Crippen LogP contribution in [-0.2, 0) is 33.6 Å². The van der Waals surface area contributed by atoms with Gasteiger partial charge in [-0.2, -0.15) is 0 Å². The number of unbranched alkanes of at least 4 members (excludes halogenated alkanes) is 2. The summed E-state index contributed by atoms with van der Waals surface area (Å²) < 4.78 is 16.7. The van der Waals surface area contributed by atoms with E-state index in [1.807, 2.05) is 24.3 Å². The van der Waals surface area contributed by atoms with Crippen molar-refractivity contribution in [1.29, 1.82) is 0 Å². The van der Waals surface area contributed by atoms with Crippen LogP contribution in [0.2, 0.25) is 0 Å². The van der Waals surface area contributed by atoms with Crippen molar-refractivity contribution < 1.29 is 33.7 Å². The van der Waals surface area contributed by atoms with Crippen LogP contribution in [0.4, 0.5) is 0 Å². The molecule has 1 aliphatic heterocycles. The van der Waals surface area contributed by atoms with Crippen molar-refractivity contribution in [1.82, 2.24) is 20.3 Å². The lowest BCUT2D eigenvalue weighted by atomic mass is 9.91. The molecule has 11 heteroatoms. The number of carbonyl (C=O) groups is 3. The molecule has 2 atom stereocenters. The number of aryl methyl sites for hydroxylation is 1. The first-order valence-electron chi connectivity index (χ1n) is 15.3. The molecule has 0 saturated heterocycles. The van der Waals surface area contributed by atoms with E-state index >= 15 is 0 Å². The lowest BCUT2D eigenvalue weighted by molar-refractivity contribution is -0.142. The third kappa shape index (κ3) is 7.65. The number of benzene rings is 2. The Balaban J connectivity index is 1.47. The molecule has 5 rings (SSSR count). The number of carboxylic acids is 1. The van der Waals surface area contributed by atoms with E-state index in [2.05, 4.69) is 27.2 Å². The maximum Gasteiger partial charge on any atom is 0.359 e. The number of carbonyl (C=O) groups excluding carboxylic acids is 2. The molecule has 1 amide bonds. The van der Waals surface area contributed by atoms with Gasteiger partial charge < -0.3 is 34.6 Å². The summed E-state index contributed by atoms with van der Waals surface area (Å²) in [5.41, 5.74) is 2.03. The molecular weight excluding hydrogens is 576 g/mol. The fourth-order valence-corrected chi connectivity index (χ4v) is 5.46. The third-order valence-electron chi connectivity index (χ3n) is 7.67. The summed E-state index contributed by atoms with van der Waals surface area (Å²) in [6.45, 7) is 7.51. The highest BCUT2D eigenvalue weighted by Crippen LogP contribution is 2.36. The molecule has 0 aliphatic carbocycles. The van der Waals surface area contributed by atoms with Gasteiger partial charge in [0.05, 0.1) is 11.6 Å². The molecule has 0 radical (unpaired) electrons. The molecule has 2 aromatic carbocycles. The summed E-state index contributed by atoms with van der Waals surface area (Å²) in [4.78, 5) is 50.8. The molecule has 1 unspecified atom stereocenters. The van der Waals surface area contributed by atoms with Crippen LogP contribution >= 0.6 is 0 Å². The van der Waals surface area contributed by atoms with Gasteiger partial charge in [-0.15, -0.1) is 0 Å². The minimum Gasteiger partial charge on any atom is -0.480 e. The predicted molar refractivity (Wildman–Crippen MR) is 168 cm³/mol. The molecule has 3 heterocycles. The number of amides is 1. The third-order valence-corrected chi connectivity index (χ3v) is 7.67. The molecule has 0 spiro atoms. The van der Waals surface area contributed by atoms with E-state index in [9.17, 15) is 19.5 Å². The molecular formula is C34H40N4O7. The number of hydrogen-bond acceptors (Lipinski definition) is 7. The first-order chi connectivity index (χ1) is 21.5. The number of fused-ring (bicyclic) bond motifs is 2. The molecule has 238 valence electrons. The minimum absolute atomic E-state index is 0.0419. The highest BCUT2D eigenvalue weighted by Gasteiger charge is 2.32. The molecule has 0 bridgehead atoms. The number of nitrogens with one attached hydrogen (secondary N) is 3. The van der Waals surface area contributed by atoms with Gasteiger partial charge in [0.25, 0.3) is 0 Å². The highest BCUT2D eigenvalue weighted by molar-refractivity contribution is 5.91. The minimum atomic E-state index is -1.20. The van der Waals surface area contributed by atoms with Gasteiger partial charge in [-0.1, -0.05) is 44.0 Å². The number of ether oxygens (including phenoxy) is 3. The van der Waals surface area contributed by atoms with Gasteiger partial charge in [0.2, 0.25) is 12.7 Å². The Bertz CT molecular complexity index is 1680. The van der Waals surface area contributed by atoms with E-state index in [0.717, 1.165) is 35.7 Å². The van der Waals surface area contributed by atoms with Crippen LogP contribution < -0.4 is 14.8 Å². The van der Waals surface area contributed by atoms with Crippen molar-refractivity contribution in [2.45, 2.75) is 83.8 Å².